The van der Waals surface area contributed by atoms with E-state index in [-0.39, 0.29) is 6.04 Å². The molecular weight excluding hydrogens is 411 g/mol. The summed E-state index contributed by atoms with van der Waals surface area (Å²) in [5.41, 5.74) is 1.38. The standard InChI is InChI=1S/C17H15BrCl2N4/c18-13-4-6-17(23-15(13)9-21)22-12-2-1-7-24(10-12)16-5-3-11(19)8-14(16)20/h3-6,8,12H,1-2,7,10H2,(H,22,23). The van der Waals surface area contributed by atoms with Crippen LogP contribution in [0.15, 0.2) is 34.8 Å². The highest BCUT2D eigenvalue weighted by Crippen LogP contribution is 2.31. The number of benzene rings is 1. The minimum Gasteiger partial charge on any atom is -0.368 e. The zero-order chi connectivity index (χ0) is 17.1. The molecule has 2 aromatic rings. The lowest BCUT2D eigenvalue weighted by atomic mass is 10.0. The molecule has 0 saturated carbocycles. The summed E-state index contributed by atoms with van der Waals surface area (Å²) >= 11 is 15.6. The molecule has 1 aromatic heterocycles. The van der Waals surface area contributed by atoms with Gasteiger partial charge in [-0.25, -0.2) is 4.98 Å². The van der Waals surface area contributed by atoms with Crippen molar-refractivity contribution in [3.8, 4) is 6.07 Å². The average Bonchev–Trinajstić information content (AvgIpc) is 2.57. The van der Waals surface area contributed by atoms with Gasteiger partial charge >= 0.3 is 0 Å². The monoisotopic (exact) mass is 424 g/mol. The van der Waals surface area contributed by atoms with Crippen molar-refractivity contribution in [2.24, 2.45) is 0 Å². The fourth-order valence-corrected chi connectivity index (χ4v) is 3.70. The van der Waals surface area contributed by atoms with Crippen LogP contribution in [0, 0.1) is 11.3 Å². The van der Waals surface area contributed by atoms with Gasteiger partial charge in [-0.05, 0) is 59.1 Å². The second kappa shape index (κ2) is 7.60. The van der Waals surface area contributed by atoms with Gasteiger partial charge in [0.15, 0.2) is 5.69 Å². The summed E-state index contributed by atoms with van der Waals surface area (Å²) in [5, 5.41) is 13.8. The fourth-order valence-electron chi connectivity index (χ4n) is 2.86. The van der Waals surface area contributed by atoms with Crippen LogP contribution in [0.5, 0.6) is 0 Å². The maximum atomic E-state index is 9.09. The van der Waals surface area contributed by atoms with Crippen LogP contribution in [-0.2, 0) is 0 Å². The Morgan fingerprint density at radius 1 is 1.29 bits per heavy atom. The Morgan fingerprint density at radius 3 is 2.88 bits per heavy atom. The number of aromatic nitrogens is 1. The molecular formula is C17H15BrCl2N4. The van der Waals surface area contributed by atoms with Crippen molar-refractivity contribution in [3.05, 3.63) is 50.5 Å². The van der Waals surface area contributed by atoms with Crippen LogP contribution in [0.25, 0.3) is 0 Å². The Balaban J connectivity index is 1.73. The quantitative estimate of drug-likeness (QED) is 0.742. The minimum absolute atomic E-state index is 0.241. The van der Waals surface area contributed by atoms with Gasteiger partial charge in [0.25, 0.3) is 0 Å². The molecule has 1 saturated heterocycles. The van der Waals surface area contributed by atoms with Gasteiger partial charge in [-0.1, -0.05) is 23.2 Å². The molecule has 1 aromatic carbocycles. The predicted molar refractivity (Wildman–Crippen MR) is 102 cm³/mol. The molecule has 1 N–H and O–H groups in total. The third kappa shape index (κ3) is 3.94. The minimum atomic E-state index is 0.241. The molecule has 7 heteroatoms. The molecule has 1 aliphatic rings. The van der Waals surface area contributed by atoms with E-state index in [2.05, 4.69) is 37.2 Å². The van der Waals surface area contributed by atoms with E-state index in [1.165, 1.54) is 0 Å². The maximum absolute atomic E-state index is 9.09. The Bertz CT molecular complexity index is 791. The van der Waals surface area contributed by atoms with Crippen molar-refractivity contribution in [2.75, 3.05) is 23.3 Å². The number of halogens is 3. The Hall–Kier alpha value is -1.48. The van der Waals surface area contributed by atoms with E-state index in [4.69, 9.17) is 28.5 Å². The van der Waals surface area contributed by atoms with Gasteiger partial charge in [-0.2, -0.15) is 5.26 Å². The number of anilines is 2. The number of rotatable bonds is 3. The van der Waals surface area contributed by atoms with Gasteiger partial charge in [0.2, 0.25) is 0 Å². The van der Waals surface area contributed by atoms with Crippen molar-refractivity contribution in [2.45, 2.75) is 18.9 Å². The van der Waals surface area contributed by atoms with Crippen molar-refractivity contribution in [3.63, 3.8) is 0 Å². The molecule has 1 unspecified atom stereocenters. The van der Waals surface area contributed by atoms with Crippen LogP contribution >= 0.6 is 39.1 Å². The topological polar surface area (TPSA) is 52.0 Å². The summed E-state index contributed by atoms with van der Waals surface area (Å²) in [4.78, 5) is 6.58. The molecule has 1 fully saturated rings. The van der Waals surface area contributed by atoms with E-state index in [1.54, 1.807) is 6.07 Å². The van der Waals surface area contributed by atoms with Gasteiger partial charge in [-0.15, -0.1) is 0 Å². The van der Waals surface area contributed by atoms with Crippen molar-refractivity contribution < 1.29 is 0 Å². The molecule has 1 aliphatic heterocycles. The van der Waals surface area contributed by atoms with Crippen LogP contribution in [0.1, 0.15) is 18.5 Å². The number of pyridine rings is 1. The van der Waals surface area contributed by atoms with Gasteiger partial charge in [0, 0.05) is 24.2 Å². The largest absolute Gasteiger partial charge is 0.368 e. The highest BCUT2D eigenvalue weighted by atomic mass is 79.9. The zero-order valence-corrected chi connectivity index (χ0v) is 15.9. The molecule has 4 nitrogen and oxygen atoms in total. The molecule has 0 spiro atoms. The highest BCUT2D eigenvalue weighted by molar-refractivity contribution is 9.10. The first kappa shape index (κ1) is 17.3. The number of piperidine rings is 1. The second-order valence-corrected chi connectivity index (χ2v) is 7.36. The van der Waals surface area contributed by atoms with E-state index >= 15 is 0 Å². The first-order valence-corrected chi connectivity index (χ1v) is 9.15. The number of nitriles is 1. The van der Waals surface area contributed by atoms with Crippen LogP contribution < -0.4 is 10.2 Å². The number of hydrogen-bond acceptors (Lipinski definition) is 4. The number of nitrogens with one attached hydrogen (secondary N) is 1. The molecule has 124 valence electrons. The lowest BCUT2D eigenvalue weighted by Crippen LogP contribution is -2.42. The van der Waals surface area contributed by atoms with E-state index < -0.39 is 0 Å². The first-order chi connectivity index (χ1) is 11.6. The molecule has 3 rings (SSSR count). The van der Waals surface area contributed by atoms with Gasteiger partial charge in [0.1, 0.15) is 11.9 Å². The summed E-state index contributed by atoms with van der Waals surface area (Å²) in [6.45, 7) is 1.78. The summed E-state index contributed by atoms with van der Waals surface area (Å²) in [7, 11) is 0. The Kier molecular flexibility index (Phi) is 5.50. The average molecular weight is 426 g/mol. The van der Waals surface area contributed by atoms with Crippen LogP contribution in [0.4, 0.5) is 11.5 Å². The van der Waals surface area contributed by atoms with Gasteiger partial charge in [-0.3, -0.25) is 0 Å². The van der Waals surface area contributed by atoms with Crippen LogP contribution in [0.3, 0.4) is 0 Å². The van der Waals surface area contributed by atoms with E-state index in [9.17, 15) is 0 Å². The molecule has 1 atom stereocenters. The summed E-state index contributed by atoms with van der Waals surface area (Å²) in [6, 6.07) is 11.6. The molecule has 0 bridgehead atoms. The van der Waals surface area contributed by atoms with E-state index in [0.717, 1.165) is 31.6 Å². The highest BCUT2D eigenvalue weighted by Gasteiger charge is 2.22. The SMILES string of the molecule is N#Cc1nc(NC2CCCN(c3ccc(Cl)cc3Cl)C2)ccc1Br. The Labute approximate surface area is 159 Å². The van der Waals surface area contributed by atoms with Gasteiger partial charge in [0.05, 0.1) is 15.2 Å². The summed E-state index contributed by atoms with van der Waals surface area (Å²) in [6.07, 6.45) is 2.10. The van der Waals surface area contributed by atoms with Crippen molar-refractivity contribution in [1.82, 2.24) is 4.98 Å². The molecule has 0 aliphatic carbocycles. The summed E-state index contributed by atoms with van der Waals surface area (Å²) in [5.74, 6) is 0.712. The Morgan fingerprint density at radius 2 is 2.12 bits per heavy atom. The molecule has 0 radical (unpaired) electrons. The van der Waals surface area contributed by atoms with Gasteiger partial charge < -0.3 is 10.2 Å². The molecule has 0 amide bonds. The van der Waals surface area contributed by atoms with Crippen LogP contribution in [-0.4, -0.2) is 24.1 Å². The van der Waals surface area contributed by atoms with Crippen molar-refractivity contribution in [1.29, 1.82) is 5.26 Å². The maximum Gasteiger partial charge on any atom is 0.157 e. The first-order valence-electron chi connectivity index (χ1n) is 7.60. The zero-order valence-electron chi connectivity index (χ0n) is 12.8. The third-order valence-electron chi connectivity index (χ3n) is 3.98. The molecule has 24 heavy (non-hydrogen) atoms. The fraction of sp³-hybridized carbons (Fsp3) is 0.294. The number of nitrogens with zero attached hydrogens (tertiary/aromatic N) is 3. The summed E-state index contributed by atoms with van der Waals surface area (Å²) < 4.78 is 0.703. The lowest BCUT2D eigenvalue weighted by molar-refractivity contribution is 0.529. The van der Waals surface area contributed by atoms with E-state index in [0.29, 0.717) is 26.0 Å². The van der Waals surface area contributed by atoms with E-state index in [1.807, 2.05) is 24.3 Å². The lowest BCUT2D eigenvalue weighted by Gasteiger charge is -2.35. The predicted octanol–water partition coefficient (Wildman–Crippen LogP) is 5.10. The number of hydrogen-bond donors (Lipinski definition) is 1. The van der Waals surface area contributed by atoms with Crippen LogP contribution in [0.2, 0.25) is 10.0 Å². The second-order valence-electron chi connectivity index (χ2n) is 5.66. The normalized spacial score (nSPS) is 17.4. The third-order valence-corrected chi connectivity index (χ3v) is 5.15. The van der Waals surface area contributed by atoms with Crippen molar-refractivity contribution >= 4 is 50.6 Å². The molecule has 2 heterocycles. The smallest absolute Gasteiger partial charge is 0.157 e.